The van der Waals surface area contributed by atoms with Crippen LogP contribution >= 0.6 is 0 Å². The van der Waals surface area contributed by atoms with Gasteiger partial charge in [0, 0.05) is 50.2 Å². The Balaban J connectivity index is 1.54. The van der Waals surface area contributed by atoms with Gasteiger partial charge in [0.1, 0.15) is 5.82 Å². The smallest absolute Gasteiger partial charge is 0.227 e. The highest BCUT2D eigenvalue weighted by atomic mass is 16.5. The lowest BCUT2D eigenvalue weighted by molar-refractivity contribution is -0.132. The summed E-state index contributed by atoms with van der Waals surface area (Å²) >= 11 is 0. The number of hydrogen-bond donors (Lipinski definition) is 1. The summed E-state index contributed by atoms with van der Waals surface area (Å²) in [6, 6.07) is 0. The van der Waals surface area contributed by atoms with E-state index >= 15 is 0 Å². The second-order valence-electron chi connectivity index (χ2n) is 6.09. The minimum Gasteiger partial charge on any atom is -0.346 e. The Morgan fingerprint density at radius 3 is 3.09 bits per heavy atom. The number of carbonyl (C=O) groups excluding carboxylic acids is 1. The number of imidazole rings is 1. The topological polar surface area (TPSA) is 87.9 Å². The van der Waals surface area contributed by atoms with Crippen LogP contribution in [0.25, 0.3) is 0 Å². The Morgan fingerprint density at radius 2 is 2.39 bits per heavy atom. The van der Waals surface area contributed by atoms with Gasteiger partial charge in [-0.25, -0.2) is 4.98 Å². The Hall–Kier alpha value is -2.18. The number of H-pyrrole nitrogens is 1. The molecule has 1 amide bonds. The highest BCUT2D eigenvalue weighted by Crippen LogP contribution is 2.25. The standard InChI is InChI=1S/C16H23N5O2/c1-3-13-19-14(23-20-13)6-7-15(22)21-8-4-5-12(10-21)16-17-9-11(2)18-16/h9,12H,3-8,10H2,1-2H3,(H,17,18). The molecule has 0 spiro atoms. The lowest BCUT2D eigenvalue weighted by atomic mass is 9.97. The van der Waals surface area contributed by atoms with Gasteiger partial charge in [0.25, 0.3) is 0 Å². The van der Waals surface area contributed by atoms with E-state index in [0.29, 0.717) is 30.5 Å². The number of piperidine rings is 1. The summed E-state index contributed by atoms with van der Waals surface area (Å²) in [6.07, 6.45) is 5.59. The van der Waals surface area contributed by atoms with Gasteiger partial charge in [-0.1, -0.05) is 12.1 Å². The molecule has 0 radical (unpaired) electrons. The molecule has 3 heterocycles. The SMILES string of the molecule is CCc1noc(CCC(=O)N2CCCC(c3ncc(C)[nH]3)C2)n1. The summed E-state index contributed by atoms with van der Waals surface area (Å²) in [7, 11) is 0. The number of aryl methyl sites for hydroxylation is 3. The molecule has 3 rings (SSSR count). The first-order chi connectivity index (χ1) is 11.2. The van der Waals surface area contributed by atoms with E-state index in [0.717, 1.165) is 43.9 Å². The van der Waals surface area contributed by atoms with Crippen LogP contribution < -0.4 is 0 Å². The van der Waals surface area contributed by atoms with Crippen molar-refractivity contribution in [2.45, 2.75) is 51.9 Å². The highest BCUT2D eigenvalue weighted by Gasteiger charge is 2.26. The molecule has 1 unspecified atom stereocenters. The number of likely N-dealkylation sites (tertiary alicyclic amines) is 1. The van der Waals surface area contributed by atoms with E-state index in [1.54, 1.807) is 0 Å². The number of nitrogens with zero attached hydrogens (tertiary/aromatic N) is 4. The average molecular weight is 317 g/mol. The lowest BCUT2D eigenvalue weighted by Crippen LogP contribution is -2.39. The fraction of sp³-hybridized carbons (Fsp3) is 0.625. The number of aromatic amines is 1. The van der Waals surface area contributed by atoms with E-state index < -0.39 is 0 Å². The third-order valence-corrected chi connectivity index (χ3v) is 4.26. The van der Waals surface area contributed by atoms with Gasteiger partial charge < -0.3 is 14.4 Å². The molecule has 1 atom stereocenters. The Kier molecular flexibility index (Phi) is 4.73. The lowest BCUT2D eigenvalue weighted by Gasteiger charge is -2.31. The fourth-order valence-corrected chi connectivity index (χ4v) is 2.97. The summed E-state index contributed by atoms with van der Waals surface area (Å²) in [5, 5.41) is 3.86. The second kappa shape index (κ2) is 6.93. The van der Waals surface area contributed by atoms with Crippen molar-refractivity contribution >= 4 is 5.91 Å². The van der Waals surface area contributed by atoms with Gasteiger partial charge >= 0.3 is 0 Å². The van der Waals surface area contributed by atoms with Crippen LogP contribution in [-0.4, -0.2) is 44.0 Å². The zero-order valence-corrected chi connectivity index (χ0v) is 13.7. The van der Waals surface area contributed by atoms with E-state index in [-0.39, 0.29) is 5.91 Å². The number of carbonyl (C=O) groups is 1. The molecular formula is C16H23N5O2. The zero-order valence-electron chi connectivity index (χ0n) is 13.7. The molecule has 23 heavy (non-hydrogen) atoms. The van der Waals surface area contributed by atoms with Crippen LogP contribution in [0.2, 0.25) is 0 Å². The molecule has 2 aromatic rings. The first-order valence-electron chi connectivity index (χ1n) is 8.26. The third-order valence-electron chi connectivity index (χ3n) is 4.26. The van der Waals surface area contributed by atoms with Gasteiger partial charge in [-0.3, -0.25) is 4.79 Å². The molecule has 1 N–H and O–H groups in total. The predicted molar refractivity (Wildman–Crippen MR) is 83.9 cm³/mol. The average Bonchev–Trinajstić information content (AvgIpc) is 3.21. The molecule has 124 valence electrons. The van der Waals surface area contributed by atoms with E-state index in [1.165, 1.54) is 0 Å². The normalized spacial score (nSPS) is 18.3. The molecule has 1 fully saturated rings. The van der Waals surface area contributed by atoms with Crippen molar-refractivity contribution in [3.8, 4) is 0 Å². The molecule has 2 aromatic heterocycles. The van der Waals surface area contributed by atoms with Crippen LogP contribution in [-0.2, 0) is 17.6 Å². The first-order valence-corrected chi connectivity index (χ1v) is 8.26. The zero-order chi connectivity index (χ0) is 16.2. The second-order valence-corrected chi connectivity index (χ2v) is 6.09. The summed E-state index contributed by atoms with van der Waals surface area (Å²) in [5.41, 5.74) is 1.06. The van der Waals surface area contributed by atoms with Gasteiger partial charge in [0.15, 0.2) is 5.82 Å². The molecule has 1 aliphatic rings. The highest BCUT2D eigenvalue weighted by molar-refractivity contribution is 5.76. The van der Waals surface area contributed by atoms with Crippen molar-refractivity contribution in [2.75, 3.05) is 13.1 Å². The van der Waals surface area contributed by atoms with Crippen molar-refractivity contribution in [1.29, 1.82) is 0 Å². The molecule has 0 aliphatic carbocycles. The van der Waals surface area contributed by atoms with E-state index in [2.05, 4.69) is 20.1 Å². The van der Waals surface area contributed by atoms with E-state index in [9.17, 15) is 4.79 Å². The van der Waals surface area contributed by atoms with Crippen LogP contribution in [0.3, 0.4) is 0 Å². The minimum atomic E-state index is 0.147. The van der Waals surface area contributed by atoms with Gasteiger partial charge in [-0.15, -0.1) is 0 Å². The van der Waals surface area contributed by atoms with Crippen LogP contribution in [0, 0.1) is 6.92 Å². The van der Waals surface area contributed by atoms with E-state index in [1.807, 2.05) is 24.9 Å². The molecule has 0 saturated carbocycles. The maximum absolute atomic E-state index is 12.4. The molecule has 1 aliphatic heterocycles. The predicted octanol–water partition coefficient (Wildman–Crippen LogP) is 2.00. The van der Waals surface area contributed by atoms with Crippen molar-refractivity contribution < 1.29 is 9.32 Å². The van der Waals surface area contributed by atoms with Crippen molar-refractivity contribution in [1.82, 2.24) is 25.0 Å². The number of hydrogen-bond acceptors (Lipinski definition) is 5. The van der Waals surface area contributed by atoms with Crippen LogP contribution in [0.4, 0.5) is 0 Å². The maximum Gasteiger partial charge on any atom is 0.227 e. The maximum atomic E-state index is 12.4. The van der Waals surface area contributed by atoms with Gasteiger partial charge in [-0.2, -0.15) is 4.98 Å². The van der Waals surface area contributed by atoms with Crippen LogP contribution in [0.5, 0.6) is 0 Å². The van der Waals surface area contributed by atoms with Crippen molar-refractivity contribution in [3.63, 3.8) is 0 Å². The number of amides is 1. The number of aromatic nitrogens is 4. The molecule has 0 bridgehead atoms. The summed E-state index contributed by atoms with van der Waals surface area (Å²) in [6.45, 7) is 5.52. The van der Waals surface area contributed by atoms with Crippen LogP contribution in [0.1, 0.15) is 55.3 Å². The largest absolute Gasteiger partial charge is 0.346 e. The number of nitrogens with one attached hydrogen (secondary N) is 1. The first kappa shape index (κ1) is 15.7. The quantitative estimate of drug-likeness (QED) is 0.911. The van der Waals surface area contributed by atoms with Crippen molar-refractivity contribution in [3.05, 3.63) is 29.4 Å². The molecular weight excluding hydrogens is 294 g/mol. The fourth-order valence-electron chi connectivity index (χ4n) is 2.97. The Bertz CT molecular complexity index is 663. The Morgan fingerprint density at radius 1 is 1.52 bits per heavy atom. The number of rotatable bonds is 5. The third kappa shape index (κ3) is 3.78. The Labute approximate surface area is 135 Å². The van der Waals surface area contributed by atoms with Crippen LogP contribution in [0.15, 0.2) is 10.7 Å². The van der Waals surface area contributed by atoms with Gasteiger partial charge in [0.2, 0.25) is 11.8 Å². The van der Waals surface area contributed by atoms with Gasteiger partial charge in [-0.05, 0) is 19.8 Å². The molecule has 0 aromatic carbocycles. The summed E-state index contributed by atoms with van der Waals surface area (Å²) in [4.78, 5) is 26.3. The minimum absolute atomic E-state index is 0.147. The van der Waals surface area contributed by atoms with Crippen molar-refractivity contribution in [2.24, 2.45) is 0 Å². The summed E-state index contributed by atoms with van der Waals surface area (Å²) in [5.74, 6) is 2.68. The molecule has 7 nitrogen and oxygen atoms in total. The monoisotopic (exact) mass is 317 g/mol. The summed E-state index contributed by atoms with van der Waals surface area (Å²) < 4.78 is 5.14. The molecule has 1 saturated heterocycles. The van der Waals surface area contributed by atoms with E-state index in [4.69, 9.17) is 4.52 Å². The molecule has 7 heteroatoms. The van der Waals surface area contributed by atoms with Gasteiger partial charge in [0.05, 0.1) is 0 Å².